The summed E-state index contributed by atoms with van der Waals surface area (Å²) in [4.78, 5) is 6.74. The summed E-state index contributed by atoms with van der Waals surface area (Å²) >= 11 is 0. The van der Waals surface area contributed by atoms with Crippen molar-refractivity contribution in [3.8, 4) is 0 Å². The van der Waals surface area contributed by atoms with Gasteiger partial charge in [0.05, 0.1) is 25.1 Å². The molecule has 2 aromatic rings. The lowest BCUT2D eigenvalue weighted by molar-refractivity contribution is 0.00513. The number of hydrogen-bond donors (Lipinski definition) is 1. The second kappa shape index (κ2) is 4.22. The molecule has 100 valence electrons. The monoisotopic (exact) mass is 260 g/mol. The molecule has 4 heterocycles. The fourth-order valence-electron chi connectivity index (χ4n) is 2.97. The van der Waals surface area contributed by atoms with Crippen molar-refractivity contribution in [2.24, 2.45) is 5.73 Å². The number of rotatable bonds is 1. The van der Waals surface area contributed by atoms with Crippen LogP contribution in [0.4, 0.5) is 0 Å². The van der Waals surface area contributed by atoms with Gasteiger partial charge in [0.2, 0.25) is 0 Å². The molecule has 1 saturated heterocycles. The minimum Gasteiger partial charge on any atom is -0.378 e. The largest absolute Gasteiger partial charge is 0.378 e. The van der Waals surface area contributed by atoms with Gasteiger partial charge >= 0.3 is 0 Å². The molecule has 2 atom stereocenters. The molecule has 0 bridgehead atoms. The standard InChI is InChI=1S/C12H16N6O/c13-8-3-9(7-19-6-8)17-4-10-11(5-17)16-18-12(10)14-1-2-15-18/h1-2,8-9H,3-7,13H2. The average molecular weight is 260 g/mol. The van der Waals surface area contributed by atoms with E-state index in [0.717, 1.165) is 37.5 Å². The molecule has 2 N–H and O–H groups in total. The van der Waals surface area contributed by atoms with Gasteiger partial charge in [-0.1, -0.05) is 0 Å². The van der Waals surface area contributed by atoms with E-state index in [2.05, 4.69) is 20.1 Å². The second-order valence-electron chi connectivity index (χ2n) is 5.27. The molecule has 2 aliphatic heterocycles. The van der Waals surface area contributed by atoms with Crippen molar-refractivity contribution < 1.29 is 4.74 Å². The first-order chi connectivity index (χ1) is 9.31. The normalized spacial score (nSPS) is 27.8. The molecular weight excluding hydrogens is 244 g/mol. The highest BCUT2D eigenvalue weighted by molar-refractivity contribution is 5.50. The van der Waals surface area contributed by atoms with Crippen LogP contribution in [0.1, 0.15) is 17.7 Å². The molecule has 4 rings (SSSR count). The van der Waals surface area contributed by atoms with Gasteiger partial charge < -0.3 is 10.5 Å². The molecule has 0 saturated carbocycles. The molecule has 0 amide bonds. The van der Waals surface area contributed by atoms with E-state index in [1.54, 1.807) is 17.0 Å². The molecule has 0 aliphatic carbocycles. The van der Waals surface area contributed by atoms with E-state index < -0.39 is 0 Å². The predicted octanol–water partition coefficient (Wildman–Crippen LogP) is -0.444. The van der Waals surface area contributed by atoms with Crippen LogP contribution in [0.3, 0.4) is 0 Å². The lowest BCUT2D eigenvalue weighted by Crippen LogP contribution is -2.46. The topological polar surface area (TPSA) is 81.6 Å². The Kier molecular flexibility index (Phi) is 2.51. The average Bonchev–Trinajstić information content (AvgIpc) is 2.96. The molecule has 2 unspecified atom stereocenters. The van der Waals surface area contributed by atoms with Crippen LogP contribution in [0.15, 0.2) is 12.4 Å². The summed E-state index contributed by atoms with van der Waals surface area (Å²) in [6, 6.07) is 0.530. The van der Waals surface area contributed by atoms with Crippen LogP contribution in [0.5, 0.6) is 0 Å². The van der Waals surface area contributed by atoms with Crippen molar-refractivity contribution in [3.63, 3.8) is 0 Å². The van der Waals surface area contributed by atoms with Crippen LogP contribution in [-0.2, 0) is 17.8 Å². The third-order valence-corrected chi connectivity index (χ3v) is 3.91. The smallest absolute Gasteiger partial charge is 0.180 e. The summed E-state index contributed by atoms with van der Waals surface area (Å²) in [6.45, 7) is 3.13. The number of hydrogen-bond acceptors (Lipinski definition) is 6. The summed E-state index contributed by atoms with van der Waals surface area (Å²) in [7, 11) is 0. The van der Waals surface area contributed by atoms with E-state index in [4.69, 9.17) is 10.5 Å². The fraction of sp³-hybridized carbons (Fsp3) is 0.583. The van der Waals surface area contributed by atoms with Crippen molar-refractivity contribution >= 4 is 5.65 Å². The zero-order valence-electron chi connectivity index (χ0n) is 10.6. The van der Waals surface area contributed by atoms with Gasteiger partial charge in [-0.3, -0.25) is 4.90 Å². The molecule has 7 heteroatoms. The maximum Gasteiger partial charge on any atom is 0.180 e. The number of ether oxygens (including phenoxy) is 1. The fourth-order valence-corrected chi connectivity index (χ4v) is 2.97. The Morgan fingerprint density at radius 2 is 2.21 bits per heavy atom. The van der Waals surface area contributed by atoms with Gasteiger partial charge in [0.1, 0.15) is 0 Å². The third kappa shape index (κ3) is 1.81. The summed E-state index contributed by atoms with van der Waals surface area (Å²) in [6.07, 6.45) is 4.35. The maximum atomic E-state index is 5.97. The van der Waals surface area contributed by atoms with Gasteiger partial charge in [-0.05, 0) is 6.42 Å². The first-order valence-electron chi connectivity index (χ1n) is 6.56. The minimum atomic E-state index is 0.146. The summed E-state index contributed by atoms with van der Waals surface area (Å²) in [5.41, 5.74) is 9.09. The summed E-state index contributed by atoms with van der Waals surface area (Å²) in [5.74, 6) is 0. The van der Waals surface area contributed by atoms with Gasteiger partial charge in [-0.2, -0.15) is 10.2 Å². The van der Waals surface area contributed by atoms with Crippen molar-refractivity contribution in [1.29, 1.82) is 0 Å². The molecule has 2 aromatic heterocycles. The van der Waals surface area contributed by atoms with Crippen molar-refractivity contribution in [1.82, 2.24) is 24.7 Å². The second-order valence-corrected chi connectivity index (χ2v) is 5.27. The van der Waals surface area contributed by atoms with Gasteiger partial charge in [-0.25, -0.2) is 4.98 Å². The van der Waals surface area contributed by atoms with E-state index in [1.807, 2.05) is 0 Å². The van der Waals surface area contributed by atoms with E-state index in [0.29, 0.717) is 12.6 Å². The number of aromatic nitrogens is 4. The highest BCUT2D eigenvalue weighted by atomic mass is 16.5. The molecular formula is C12H16N6O. The zero-order chi connectivity index (χ0) is 12.8. The Labute approximate surface area is 110 Å². The quantitative estimate of drug-likeness (QED) is 0.748. The highest BCUT2D eigenvalue weighted by Gasteiger charge is 2.33. The minimum absolute atomic E-state index is 0.146. The van der Waals surface area contributed by atoms with Gasteiger partial charge in [0.25, 0.3) is 0 Å². The highest BCUT2D eigenvalue weighted by Crippen LogP contribution is 2.28. The van der Waals surface area contributed by atoms with Crippen LogP contribution in [0.25, 0.3) is 5.65 Å². The van der Waals surface area contributed by atoms with E-state index in [1.165, 1.54) is 5.56 Å². The van der Waals surface area contributed by atoms with E-state index in [9.17, 15) is 0 Å². The first-order valence-corrected chi connectivity index (χ1v) is 6.56. The van der Waals surface area contributed by atoms with Crippen LogP contribution in [0.2, 0.25) is 0 Å². The van der Waals surface area contributed by atoms with Crippen LogP contribution < -0.4 is 5.73 Å². The van der Waals surface area contributed by atoms with Crippen molar-refractivity contribution in [2.75, 3.05) is 13.2 Å². The van der Waals surface area contributed by atoms with Crippen molar-refractivity contribution in [2.45, 2.75) is 31.6 Å². The molecule has 0 radical (unpaired) electrons. The molecule has 7 nitrogen and oxygen atoms in total. The van der Waals surface area contributed by atoms with Gasteiger partial charge in [0.15, 0.2) is 5.65 Å². The lowest BCUT2D eigenvalue weighted by Gasteiger charge is -2.33. The lowest BCUT2D eigenvalue weighted by atomic mass is 10.1. The molecule has 0 aromatic carbocycles. The molecule has 1 fully saturated rings. The Balaban J connectivity index is 1.60. The molecule has 19 heavy (non-hydrogen) atoms. The molecule has 2 aliphatic rings. The van der Waals surface area contributed by atoms with Gasteiger partial charge in [0, 0.05) is 36.9 Å². The zero-order valence-corrected chi connectivity index (χ0v) is 10.6. The predicted molar refractivity (Wildman–Crippen MR) is 67.2 cm³/mol. The Hall–Kier alpha value is -1.57. The van der Waals surface area contributed by atoms with Crippen LogP contribution in [0, 0.1) is 0 Å². The van der Waals surface area contributed by atoms with Crippen LogP contribution in [-0.4, -0.2) is 50.0 Å². The summed E-state index contributed by atoms with van der Waals surface area (Å²) < 4.78 is 7.17. The van der Waals surface area contributed by atoms with E-state index >= 15 is 0 Å². The Morgan fingerprint density at radius 1 is 1.26 bits per heavy atom. The maximum absolute atomic E-state index is 5.97. The Morgan fingerprint density at radius 3 is 3.11 bits per heavy atom. The Bertz CT molecular complexity index is 611. The van der Waals surface area contributed by atoms with Crippen LogP contribution >= 0.6 is 0 Å². The number of fused-ring (bicyclic) bond motifs is 3. The number of nitrogens with zero attached hydrogens (tertiary/aromatic N) is 5. The van der Waals surface area contributed by atoms with Crippen molar-refractivity contribution in [3.05, 3.63) is 23.7 Å². The summed E-state index contributed by atoms with van der Waals surface area (Å²) in [5, 5.41) is 8.66. The van der Waals surface area contributed by atoms with E-state index in [-0.39, 0.29) is 6.04 Å². The first kappa shape index (κ1) is 11.3. The third-order valence-electron chi connectivity index (χ3n) is 3.91. The van der Waals surface area contributed by atoms with Gasteiger partial charge in [-0.15, -0.1) is 4.63 Å². The SMILES string of the molecule is NC1COCC(N2Cc3nn4nccnc4c3C2)C1. The molecule has 0 spiro atoms. The number of nitrogens with two attached hydrogens (primary N) is 1.